The monoisotopic (exact) mass is 428 g/mol. The highest BCUT2D eigenvalue weighted by Gasteiger charge is 2.63. The predicted molar refractivity (Wildman–Crippen MR) is 118 cm³/mol. The Bertz CT molecular complexity index is 942. The lowest BCUT2D eigenvalue weighted by molar-refractivity contribution is -0.131. The quantitative estimate of drug-likeness (QED) is 0.744. The Labute approximate surface area is 183 Å². The second-order valence-corrected chi connectivity index (χ2v) is 8.96. The van der Waals surface area contributed by atoms with E-state index in [2.05, 4.69) is 18.0 Å². The maximum absolute atomic E-state index is 14.0. The van der Waals surface area contributed by atoms with Crippen molar-refractivity contribution < 1.29 is 24.2 Å². The molecule has 31 heavy (non-hydrogen) atoms. The number of nitrogens with zero attached hydrogens (tertiary/aromatic N) is 2. The maximum Gasteiger partial charge on any atom is 0.224 e. The molecule has 3 heterocycles. The molecular formula is C24H32N2O5. The molecule has 2 bridgehead atoms. The smallest absolute Gasteiger partial charge is 0.224 e. The third kappa shape index (κ3) is 3.01. The van der Waals surface area contributed by atoms with Crippen LogP contribution in [0.15, 0.2) is 23.8 Å². The minimum atomic E-state index is -0.873. The number of amides is 1. The van der Waals surface area contributed by atoms with Gasteiger partial charge in [-0.3, -0.25) is 9.59 Å². The van der Waals surface area contributed by atoms with E-state index in [0.29, 0.717) is 36.6 Å². The van der Waals surface area contributed by atoms with Crippen LogP contribution in [0.25, 0.3) is 0 Å². The second kappa shape index (κ2) is 7.95. The number of aliphatic hydroxyl groups excluding tert-OH is 1. The molecule has 0 aromatic heterocycles. The van der Waals surface area contributed by atoms with Crippen LogP contribution in [0.2, 0.25) is 0 Å². The van der Waals surface area contributed by atoms with Crippen molar-refractivity contribution in [2.45, 2.75) is 38.1 Å². The maximum atomic E-state index is 14.0. The highest BCUT2D eigenvalue weighted by Crippen LogP contribution is 2.58. The van der Waals surface area contributed by atoms with Gasteiger partial charge in [-0.2, -0.15) is 0 Å². The highest BCUT2D eigenvalue weighted by atomic mass is 16.5. The number of carbonyl (C=O) groups is 2. The standard InChI is InChI=1S/C24H32N2O5/c1-6-15-12-25(3)8-7-24-18-10-20(30-4)21(31-5)11-19(18)26(14(2)28)23(24)17(13-27)16(15)9-22(24)29/h6,10-11,16-17,23,27H,7-9,12-13H2,1-5H3/b15-6+/t16-,17+,23-,24?/m0/s1. The molecule has 5 rings (SSSR count). The van der Waals surface area contributed by atoms with E-state index in [0.717, 1.165) is 17.7 Å². The van der Waals surface area contributed by atoms with Gasteiger partial charge < -0.3 is 24.4 Å². The Morgan fingerprint density at radius 2 is 1.97 bits per heavy atom. The third-order valence-electron chi connectivity index (χ3n) is 7.59. The Morgan fingerprint density at radius 1 is 1.29 bits per heavy atom. The number of fused-ring (bicyclic) bond motifs is 6. The van der Waals surface area contributed by atoms with E-state index in [9.17, 15) is 14.7 Å². The first-order valence-electron chi connectivity index (χ1n) is 10.9. The van der Waals surface area contributed by atoms with Crippen LogP contribution < -0.4 is 14.4 Å². The van der Waals surface area contributed by atoms with Gasteiger partial charge in [-0.15, -0.1) is 0 Å². The number of hydrogen-bond donors (Lipinski definition) is 1. The van der Waals surface area contributed by atoms with Gasteiger partial charge in [0.2, 0.25) is 5.91 Å². The number of anilines is 1. The molecular weight excluding hydrogens is 396 g/mol. The topological polar surface area (TPSA) is 79.3 Å². The number of rotatable bonds is 3. The van der Waals surface area contributed by atoms with Crippen molar-refractivity contribution in [3.8, 4) is 11.5 Å². The van der Waals surface area contributed by atoms with E-state index < -0.39 is 11.5 Å². The lowest BCUT2D eigenvalue weighted by atomic mass is 9.57. The molecule has 4 aliphatic rings. The Kier molecular flexibility index (Phi) is 5.60. The van der Waals surface area contributed by atoms with Crippen molar-refractivity contribution in [3.63, 3.8) is 0 Å². The molecule has 1 aromatic carbocycles. The number of allylic oxidation sites excluding steroid dienone is 1. The summed E-state index contributed by atoms with van der Waals surface area (Å²) < 4.78 is 11.1. The highest BCUT2D eigenvalue weighted by molar-refractivity contribution is 6.05. The predicted octanol–water partition coefficient (Wildman–Crippen LogP) is 2.16. The molecule has 1 amide bonds. The van der Waals surface area contributed by atoms with E-state index in [1.54, 1.807) is 25.2 Å². The first kappa shape index (κ1) is 21.8. The Morgan fingerprint density at radius 3 is 2.55 bits per heavy atom. The van der Waals surface area contributed by atoms with Crippen LogP contribution >= 0.6 is 0 Å². The Hall–Kier alpha value is -2.38. The molecule has 0 radical (unpaired) electrons. The van der Waals surface area contributed by atoms with Crippen LogP contribution in [0.3, 0.4) is 0 Å². The lowest BCUT2D eigenvalue weighted by Gasteiger charge is -2.48. The van der Waals surface area contributed by atoms with Gasteiger partial charge in [0.25, 0.3) is 0 Å². The molecule has 168 valence electrons. The zero-order valence-electron chi connectivity index (χ0n) is 19.0. The third-order valence-corrected chi connectivity index (χ3v) is 7.59. The van der Waals surface area contributed by atoms with Gasteiger partial charge in [0.1, 0.15) is 5.78 Å². The molecule has 4 atom stereocenters. The first-order chi connectivity index (χ1) is 14.8. The fraction of sp³-hybridized carbons (Fsp3) is 0.583. The molecule has 1 aliphatic carbocycles. The minimum Gasteiger partial charge on any atom is -0.493 e. The summed E-state index contributed by atoms with van der Waals surface area (Å²) in [6.45, 7) is 4.90. The minimum absolute atomic E-state index is 0.0859. The van der Waals surface area contributed by atoms with Crippen molar-refractivity contribution in [1.29, 1.82) is 0 Å². The second-order valence-electron chi connectivity index (χ2n) is 8.96. The van der Waals surface area contributed by atoms with Gasteiger partial charge in [-0.05, 0) is 44.5 Å². The van der Waals surface area contributed by atoms with Gasteiger partial charge in [0.15, 0.2) is 11.5 Å². The summed E-state index contributed by atoms with van der Waals surface area (Å²) in [4.78, 5) is 30.9. The largest absolute Gasteiger partial charge is 0.493 e. The molecule has 1 aromatic rings. The molecule has 3 aliphatic heterocycles. The van der Waals surface area contributed by atoms with Gasteiger partial charge in [0.05, 0.1) is 31.4 Å². The number of hydrogen-bond acceptors (Lipinski definition) is 6. The number of Topliss-reactive ketones (excluding diaryl/α,β-unsaturated/α-hetero) is 1. The number of ketones is 1. The molecule has 1 saturated carbocycles. The van der Waals surface area contributed by atoms with Crippen LogP contribution in [-0.4, -0.2) is 68.7 Å². The van der Waals surface area contributed by atoms with Crippen LogP contribution in [0.1, 0.15) is 32.3 Å². The van der Waals surface area contributed by atoms with Crippen LogP contribution in [0.5, 0.6) is 11.5 Å². The zero-order chi connectivity index (χ0) is 22.5. The van der Waals surface area contributed by atoms with E-state index in [1.165, 1.54) is 6.92 Å². The Balaban J connectivity index is 2.03. The van der Waals surface area contributed by atoms with Crippen molar-refractivity contribution in [2.75, 3.05) is 45.9 Å². The van der Waals surface area contributed by atoms with Gasteiger partial charge >= 0.3 is 0 Å². The number of benzene rings is 1. The van der Waals surface area contributed by atoms with E-state index in [1.807, 2.05) is 13.0 Å². The molecule has 1 N–H and O–H groups in total. The number of carbonyl (C=O) groups excluding carboxylic acids is 2. The van der Waals surface area contributed by atoms with E-state index >= 15 is 0 Å². The molecule has 2 saturated heterocycles. The van der Waals surface area contributed by atoms with E-state index in [-0.39, 0.29) is 30.1 Å². The number of aliphatic hydroxyl groups is 1. The average molecular weight is 429 g/mol. The van der Waals surface area contributed by atoms with Crippen LogP contribution in [0, 0.1) is 11.8 Å². The fourth-order valence-electron chi connectivity index (χ4n) is 6.18. The van der Waals surface area contributed by atoms with Crippen molar-refractivity contribution >= 4 is 17.4 Å². The van der Waals surface area contributed by atoms with Gasteiger partial charge in [0, 0.05) is 38.5 Å². The summed E-state index contributed by atoms with van der Waals surface area (Å²) in [5, 5.41) is 10.6. The van der Waals surface area contributed by atoms with Crippen LogP contribution in [-0.2, 0) is 15.0 Å². The van der Waals surface area contributed by atoms with Gasteiger partial charge in [-0.25, -0.2) is 0 Å². The normalized spacial score (nSPS) is 31.7. The molecule has 7 nitrogen and oxygen atoms in total. The molecule has 3 fully saturated rings. The summed E-state index contributed by atoms with van der Waals surface area (Å²) in [5.41, 5.74) is 1.78. The average Bonchev–Trinajstić information content (AvgIpc) is 3.08. The summed E-state index contributed by atoms with van der Waals surface area (Å²) in [6, 6.07) is 3.23. The number of likely N-dealkylation sites (N-methyl/N-ethyl adjacent to an activating group) is 1. The first-order valence-corrected chi connectivity index (χ1v) is 10.9. The van der Waals surface area contributed by atoms with E-state index in [4.69, 9.17) is 9.47 Å². The van der Waals surface area contributed by atoms with Crippen molar-refractivity contribution in [2.24, 2.45) is 11.8 Å². The molecule has 1 unspecified atom stereocenters. The number of ether oxygens (including phenoxy) is 2. The van der Waals surface area contributed by atoms with Crippen LogP contribution in [0.4, 0.5) is 5.69 Å². The zero-order valence-corrected chi connectivity index (χ0v) is 19.0. The SMILES string of the molecule is C/C=C1\CN(C)CCC23C(=O)C[C@@H]1[C@@H](CO)[C@@H]2N(C(C)=O)c1cc(OC)c(OC)cc13. The van der Waals surface area contributed by atoms with Gasteiger partial charge in [-0.1, -0.05) is 11.6 Å². The summed E-state index contributed by atoms with van der Waals surface area (Å²) in [6.07, 6.45) is 3.02. The molecule has 7 heteroatoms. The number of methoxy groups -OCH3 is 2. The summed E-state index contributed by atoms with van der Waals surface area (Å²) >= 11 is 0. The summed E-state index contributed by atoms with van der Waals surface area (Å²) in [7, 11) is 5.19. The lowest BCUT2D eigenvalue weighted by Crippen LogP contribution is -2.61. The summed E-state index contributed by atoms with van der Waals surface area (Å²) in [5.74, 6) is 0.729. The fourth-order valence-corrected chi connectivity index (χ4v) is 6.18. The molecule has 1 spiro atoms. The van der Waals surface area contributed by atoms with Crippen molar-refractivity contribution in [1.82, 2.24) is 4.90 Å². The van der Waals surface area contributed by atoms with Crippen molar-refractivity contribution in [3.05, 3.63) is 29.3 Å².